The van der Waals surface area contributed by atoms with Gasteiger partial charge in [-0.2, -0.15) is 0 Å². The topological polar surface area (TPSA) is 63.6 Å². The van der Waals surface area contributed by atoms with Crippen molar-refractivity contribution in [1.29, 1.82) is 0 Å². The number of carbonyl (C=O) groups excluding carboxylic acids is 1. The van der Waals surface area contributed by atoms with Crippen molar-refractivity contribution in [2.75, 3.05) is 0 Å². The second kappa shape index (κ2) is 13.9. The molecule has 0 heterocycles. The highest BCUT2D eigenvalue weighted by atomic mass is 16.6. The summed E-state index contributed by atoms with van der Waals surface area (Å²) < 4.78 is 4.77. The SMILES string of the molecule is CCCCCCCCCCCCCC(OC(C)=O)C(=O)O. The molecule has 0 fully saturated rings. The Morgan fingerprint density at radius 1 is 0.857 bits per heavy atom. The van der Waals surface area contributed by atoms with Crippen LogP contribution in [0.4, 0.5) is 0 Å². The first-order chi connectivity index (χ1) is 10.1. The van der Waals surface area contributed by atoms with Crippen molar-refractivity contribution in [3.63, 3.8) is 0 Å². The molecule has 0 amide bonds. The van der Waals surface area contributed by atoms with E-state index in [0.29, 0.717) is 6.42 Å². The highest BCUT2D eigenvalue weighted by Gasteiger charge is 2.19. The third kappa shape index (κ3) is 13.7. The lowest BCUT2D eigenvalue weighted by Crippen LogP contribution is -2.25. The van der Waals surface area contributed by atoms with Crippen molar-refractivity contribution in [1.82, 2.24) is 0 Å². The maximum atomic E-state index is 10.9. The summed E-state index contributed by atoms with van der Waals surface area (Å²) in [6.07, 6.45) is 12.9. The van der Waals surface area contributed by atoms with Crippen LogP contribution in [0, 0.1) is 0 Å². The van der Waals surface area contributed by atoms with Crippen molar-refractivity contribution >= 4 is 11.9 Å². The highest BCUT2D eigenvalue weighted by molar-refractivity contribution is 5.76. The minimum Gasteiger partial charge on any atom is -0.479 e. The molecule has 0 spiro atoms. The Labute approximate surface area is 129 Å². The van der Waals surface area contributed by atoms with Crippen LogP contribution >= 0.6 is 0 Å². The number of carboxylic acids is 1. The van der Waals surface area contributed by atoms with Crippen molar-refractivity contribution in [3.05, 3.63) is 0 Å². The van der Waals surface area contributed by atoms with Crippen molar-refractivity contribution < 1.29 is 19.4 Å². The second-order valence-electron chi connectivity index (χ2n) is 5.76. The fraction of sp³-hybridized carbons (Fsp3) is 0.882. The zero-order valence-corrected chi connectivity index (χ0v) is 13.7. The number of aliphatic carboxylic acids is 1. The van der Waals surface area contributed by atoms with E-state index in [1.165, 1.54) is 58.3 Å². The van der Waals surface area contributed by atoms with Crippen LogP contribution in [0.5, 0.6) is 0 Å². The Morgan fingerprint density at radius 3 is 1.67 bits per heavy atom. The van der Waals surface area contributed by atoms with Crippen molar-refractivity contribution in [3.8, 4) is 0 Å². The van der Waals surface area contributed by atoms with Crippen LogP contribution in [0.15, 0.2) is 0 Å². The largest absolute Gasteiger partial charge is 0.479 e. The number of rotatable bonds is 14. The maximum absolute atomic E-state index is 10.9. The number of unbranched alkanes of at least 4 members (excludes halogenated alkanes) is 10. The van der Waals surface area contributed by atoms with Gasteiger partial charge in [0, 0.05) is 6.92 Å². The number of hydrogen-bond acceptors (Lipinski definition) is 3. The molecule has 0 aliphatic heterocycles. The molecule has 0 radical (unpaired) electrons. The van der Waals surface area contributed by atoms with Gasteiger partial charge in [-0.1, -0.05) is 71.1 Å². The fourth-order valence-electron chi connectivity index (χ4n) is 2.43. The summed E-state index contributed by atoms with van der Waals surface area (Å²) in [5.74, 6) is -1.57. The molecular formula is C17H32O4. The summed E-state index contributed by atoms with van der Waals surface area (Å²) in [7, 11) is 0. The molecule has 0 aliphatic carbocycles. The first-order valence-electron chi connectivity index (χ1n) is 8.48. The van der Waals surface area contributed by atoms with Gasteiger partial charge in [-0.05, 0) is 12.8 Å². The average Bonchev–Trinajstić information content (AvgIpc) is 2.42. The molecule has 124 valence electrons. The summed E-state index contributed by atoms with van der Waals surface area (Å²) in [6.45, 7) is 3.48. The highest BCUT2D eigenvalue weighted by Crippen LogP contribution is 2.13. The first-order valence-corrected chi connectivity index (χ1v) is 8.48. The van der Waals surface area contributed by atoms with Gasteiger partial charge in [-0.25, -0.2) is 4.79 Å². The third-order valence-electron chi connectivity index (χ3n) is 3.65. The van der Waals surface area contributed by atoms with Gasteiger partial charge in [0.05, 0.1) is 0 Å². The quantitative estimate of drug-likeness (QED) is 0.373. The Hall–Kier alpha value is -1.06. The van der Waals surface area contributed by atoms with Gasteiger partial charge in [-0.15, -0.1) is 0 Å². The van der Waals surface area contributed by atoms with Gasteiger partial charge in [0.2, 0.25) is 0 Å². The zero-order valence-electron chi connectivity index (χ0n) is 13.7. The molecule has 0 saturated carbocycles. The van der Waals surface area contributed by atoms with E-state index in [1.807, 2.05) is 0 Å². The Morgan fingerprint density at radius 2 is 1.29 bits per heavy atom. The minimum absolute atomic E-state index is 0.423. The average molecular weight is 300 g/mol. The van der Waals surface area contributed by atoms with E-state index in [9.17, 15) is 9.59 Å². The normalized spacial score (nSPS) is 12.1. The van der Waals surface area contributed by atoms with Gasteiger partial charge < -0.3 is 9.84 Å². The monoisotopic (exact) mass is 300 g/mol. The Kier molecular flexibility index (Phi) is 13.2. The summed E-state index contributed by atoms with van der Waals surface area (Å²) in [5, 5.41) is 8.91. The van der Waals surface area contributed by atoms with Gasteiger partial charge in [0.15, 0.2) is 6.10 Å². The number of hydrogen-bond donors (Lipinski definition) is 1. The van der Waals surface area contributed by atoms with Crippen LogP contribution in [0.2, 0.25) is 0 Å². The van der Waals surface area contributed by atoms with E-state index >= 15 is 0 Å². The molecule has 0 aromatic heterocycles. The summed E-state index contributed by atoms with van der Waals surface area (Å²) in [6, 6.07) is 0. The van der Waals surface area contributed by atoms with Gasteiger partial charge in [0.25, 0.3) is 0 Å². The van der Waals surface area contributed by atoms with E-state index in [1.54, 1.807) is 0 Å². The lowest BCUT2D eigenvalue weighted by atomic mass is 10.0. The van der Waals surface area contributed by atoms with Crippen molar-refractivity contribution in [2.45, 2.75) is 97.0 Å². The molecule has 1 N–H and O–H groups in total. The number of ether oxygens (including phenoxy) is 1. The molecule has 0 aliphatic rings. The van der Waals surface area contributed by atoms with Gasteiger partial charge >= 0.3 is 11.9 Å². The number of carbonyl (C=O) groups is 2. The Bertz CT molecular complexity index is 276. The molecule has 0 aromatic carbocycles. The van der Waals surface area contributed by atoms with Crippen LogP contribution in [-0.2, 0) is 14.3 Å². The van der Waals surface area contributed by atoms with E-state index in [2.05, 4.69) is 6.92 Å². The minimum atomic E-state index is -1.04. The van der Waals surface area contributed by atoms with E-state index in [4.69, 9.17) is 9.84 Å². The second-order valence-corrected chi connectivity index (χ2v) is 5.76. The summed E-state index contributed by atoms with van der Waals surface area (Å²) in [4.78, 5) is 21.6. The first kappa shape index (κ1) is 19.9. The molecule has 4 heteroatoms. The van der Waals surface area contributed by atoms with Crippen molar-refractivity contribution in [2.24, 2.45) is 0 Å². The fourth-order valence-corrected chi connectivity index (χ4v) is 2.43. The summed E-state index contributed by atoms with van der Waals surface area (Å²) in [5.41, 5.74) is 0. The molecule has 1 atom stereocenters. The lowest BCUT2D eigenvalue weighted by Gasteiger charge is -2.11. The molecule has 0 saturated heterocycles. The van der Waals surface area contributed by atoms with Crippen LogP contribution in [0.1, 0.15) is 90.9 Å². The van der Waals surface area contributed by atoms with E-state index in [-0.39, 0.29) is 0 Å². The van der Waals surface area contributed by atoms with Gasteiger partial charge in [0.1, 0.15) is 0 Å². The van der Waals surface area contributed by atoms with Crippen LogP contribution in [0.3, 0.4) is 0 Å². The van der Waals surface area contributed by atoms with Gasteiger partial charge in [-0.3, -0.25) is 4.79 Å². The zero-order chi connectivity index (χ0) is 15.9. The molecule has 21 heavy (non-hydrogen) atoms. The Balaban J connectivity index is 3.38. The summed E-state index contributed by atoms with van der Waals surface area (Å²) >= 11 is 0. The van der Waals surface area contributed by atoms with E-state index in [0.717, 1.165) is 19.3 Å². The third-order valence-corrected chi connectivity index (χ3v) is 3.65. The molecule has 0 bridgehead atoms. The van der Waals surface area contributed by atoms with Crippen LogP contribution < -0.4 is 0 Å². The predicted molar refractivity (Wildman–Crippen MR) is 84.3 cm³/mol. The smallest absolute Gasteiger partial charge is 0.345 e. The predicted octanol–water partition coefficient (Wildman–Crippen LogP) is 4.70. The lowest BCUT2D eigenvalue weighted by molar-refractivity contribution is -0.163. The molecule has 0 aromatic rings. The van der Waals surface area contributed by atoms with Crippen LogP contribution in [0.25, 0.3) is 0 Å². The number of carboxylic acid groups (broad SMARTS) is 1. The molecule has 0 rings (SSSR count). The maximum Gasteiger partial charge on any atom is 0.345 e. The molecular weight excluding hydrogens is 268 g/mol. The van der Waals surface area contributed by atoms with Crippen LogP contribution in [-0.4, -0.2) is 23.1 Å². The number of esters is 1. The molecule has 1 unspecified atom stereocenters. The standard InChI is InChI=1S/C17H32O4/c1-3-4-5-6-7-8-9-10-11-12-13-14-16(17(19)20)21-15(2)18/h16H,3-14H2,1-2H3,(H,19,20). The molecule has 4 nitrogen and oxygen atoms in total. The van der Waals surface area contributed by atoms with E-state index < -0.39 is 18.0 Å².